The normalized spacial score (nSPS) is 18.7. The van der Waals surface area contributed by atoms with Crippen LogP contribution in [0, 0.1) is 5.92 Å². The van der Waals surface area contributed by atoms with Crippen molar-refractivity contribution in [2.45, 2.75) is 18.6 Å². The molecule has 0 bridgehead atoms. The number of piperidine rings is 1. The lowest BCUT2D eigenvalue weighted by molar-refractivity contribution is -0.120. The van der Waals surface area contributed by atoms with E-state index in [1.807, 2.05) is 24.3 Å². The second-order valence-corrected chi connectivity index (χ2v) is 11.8. The van der Waals surface area contributed by atoms with E-state index in [1.165, 1.54) is 4.31 Å². The molecule has 2 saturated heterocycles. The molecule has 7 nitrogen and oxygen atoms in total. The summed E-state index contributed by atoms with van der Waals surface area (Å²) in [5.41, 5.74) is 2.44. The van der Waals surface area contributed by atoms with Crippen molar-refractivity contribution in [3.63, 3.8) is 0 Å². The van der Waals surface area contributed by atoms with Crippen molar-refractivity contribution in [3.05, 3.63) is 58.1 Å². The quantitative estimate of drug-likeness (QED) is 0.619. The van der Waals surface area contributed by atoms with Crippen LogP contribution in [0.25, 0.3) is 0 Å². The number of rotatable bonds is 6. The minimum atomic E-state index is -3.53. The van der Waals surface area contributed by atoms with Gasteiger partial charge in [0, 0.05) is 66.6 Å². The summed E-state index contributed by atoms with van der Waals surface area (Å²) in [4.78, 5) is 17.4. The average Bonchev–Trinajstić information content (AvgIpc) is 2.82. The van der Waals surface area contributed by atoms with Gasteiger partial charge in [-0.2, -0.15) is 0 Å². The third-order valence-electron chi connectivity index (χ3n) is 6.57. The Hall–Kier alpha value is -1.84. The van der Waals surface area contributed by atoms with Crippen LogP contribution in [0.1, 0.15) is 18.4 Å². The maximum atomic E-state index is 12.9. The van der Waals surface area contributed by atoms with Crippen molar-refractivity contribution >= 4 is 50.5 Å². The van der Waals surface area contributed by atoms with Gasteiger partial charge in [0.2, 0.25) is 15.9 Å². The number of anilines is 2. The van der Waals surface area contributed by atoms with E-state index in [0.29, 0.717) is 41.5 Å². The first-order valence-corrected chi connectivity index (χ1v) is 13.8. The molecule has 0 saturated carbocycles. The van der Waals surface area contributed by atoms with E-state index in [4.69, 9.17) is 23.2 Å². The molecule has 34 heavy (non-hydrogen) atoms. The van der Waals surface area contributed by atoms with Crippen molar-refractivity contribution in [1.29, 1.82) is 0 Å². The molecule has 0 spiro atoms. The number of nitrogens with one attached hydrogen (secondary N) is 1. The van der Waals surface area contributed by atoms with Crippen LogP contribution in [0.4, 0.5) is 11.4 Å². The van der Waals surface area contributed by atoms with E-state index >= 15 is 0 Å². The molecule has 2 aromatic rings. The number of piperazine rings is 1. The van der Waals surface area contributed by atoms with E-state index in [1.54, 1.807) is 18.2 Å². The van der Waals surface area contributed by atoms with Crippen LogP contribution < -0.4 is 10.2 Å². The lowest BCUT2D eigenvalue weighted by atomic mass is 9.97. The highest BCUT2D eigenvalue weighted by molar-refractivity contribution is 7.88. The largest absolute Gasteiger partial charge is 0.369 e. The lowest BCUT2D eigenvalue weighted by Gasteiger charge is -2.34. The number of carbonyl (C=O) groups is 1. The Morgan fingerprint density at radius 2 is 1.62 bits per heavy atom. The predicted octanol–water partition coefficient (Wildman–Crippen LogP) is 3.93. The SMILES string of the molecule is CN1CCN(c2ccc(NC(=O)C3CCN(S(=O)(=O)Cc4ccc(Cl)cc4Cl)CC3)cc2)CC1. The Balaban J connectivity index is 1.28. The van der Waals surface area contributed by atoms with Crippen LogP contribution in [0.3, 0.4) is 0 Å². The fourth-order valence-corrected chi connectivity index (χ4v) is 6.54. The number of nitrogens with zero attached hydrogens (tertiary/aromatic N) is 3. The van der Waals surface area contributed by atoms with Gasteiger partial charge in [-0.1, -0.05) is 29.3 Å². The van der Waals surface area contributed by atoms with E-state index < -0.39 is 10.0 Å². The van der Waals surface area contributed by atoms with E-state index in [2.05, 4.69) is 22.2 Å². The number of halogens is 2. The number of benzene rings is 2. The van der Waals surface area contributed by atoms with Gasteiger partial charge in [0.15, 0.2) is 0 Å². The van der Waals surface area contributed by atoms with Gasteiger partial charge in [-0.25, -0.2) is 12.7 Å². The summed E-state index contributed by atoms with van der Waals surface area (Å²) in [6.07, 6.45) is 0.970. The Kier molecular flexibility index (Phi) is 8.05. The Labute approximate surface area is 211 Å². The van der Waals surface area contributed by atoms with Gasteiger partial charge in [-0.15, -0.1) is 0 Å². The van der Waals surface area contributed by atoms with Crippen molar-refractivity contribution < 1.29 is 13.2 Å². The molecular formula is C24H30Cl2N4O3S. The molecule has 10 heteroatoms. The molecule has 184 valence electrons. The van der Waals surface area contributed by atoms with Crippen molar-refractivity contribution in [2.75, 3.05) is 56.5 Å². The van der Waals surface area contributed by atoms with Crippen LogP contribution in [0.2, 0.25) is 10.0 Å². The summed E-state index contributed by atoms with van der Waals surface area (Å²) >= 11 is 12.1. The van der Waals surface area contributed by atoms with Gasteiger partial charge >= 0.3 is 0 Å². The Morgan fingerprint density at radius 1 is 0.971 bits per heavy atom. The molecule has 1 N–H and O–H groups in total. The van der Waals surface area contributed by atoms with Crippen LogP contribution in [0.15, 0.2) is 42.5 Å². The zero-order valence-electron chi connectivity index (χ0n) is 19.2. The van der Waals surface area contributed by atoms with E-state index in [9.17, 15) is 13.2 Å². The minimum absolute atomic E-state index is 0.0647. The summed E-state index contributed by atoms with van der Waals surface area (Å²) in [6.45, 7) is 4.70. The van der Waals surface area contributed by atoms with Crippen molar-refractivity contribution in [1.82, 2.24) is 9.21 Å². The highest BCUT2D eigenvalue weighted by Gasteiger charge is 2.31. The molecule has 0 aliphatic carbocycles. The molecule has 0 unspecified atom stereocenters. The van der Waals surface area contributed by atoms with Crippen molar-refractivity contribution in [2.24, 2.45) is 5.92 Å². The Bertz CT molecular complexity index is 1110. The molecule has 2 fully saturated rings. The molecule has 0 radical (unpaired) electrons. The monoisotopic (exact) mass is 524 g/mol. The number of likely N-dealkylation sites (N-methyl/N-ethyl adjacent to an activating group) is 1. The number of sulfonamides is 1. The van der Waals surface area contributed by atoms with Crippen LogP contribution in [-0.2, 0) is 20.6 Å². The maximum absolute atomic E-state index is 12.9. The Morgan fingerprint density at radius 3 is 2.24 bits per heavy atom. The first-order chi connectivity index (χ1) is 16.2. The topological polar surface area (TPSA) is 73.0 Å². The molecule has 2 aliphatic heterocycles. The summed E-state index contributed by atoms with van der Waals surface area (Å²) in [5.74, 6) is -0.465. The van der Waals surface area contributed by atoms with Gasteiger partial charge in [0.25, 0.3) is 0 Å². The molecule has 0 atom stereocenters. The molecule has 2 aliphatic rings. The second-order valence-electron chi connectivity index (χ2n) is 8.99. The molecule has 0 aromatic heterocycles. The molecule has 2 aromatic carbocycles. The fraction of sp³-hybridized carbons (Fsp3) is 0.458. The third kappa shape index (κ3) is 6.23. The van der Waals surface area contributed by atoms with Gasteiger partial charge in [0.1, 0.15) is 0 Å². The minimum Gasteiger partial charge on any atom is -0.369 e. The molecule has 2 heterocycles. The summed E-state index contributed by atoms with van der Waals surface area (Å²) in [5, 5.41) is 3.79. The van der Waals surface area contributed by atoms with E-state index in [-0.39, 0.29) is 17.6 Å². The smallest absolute Gasteiger partial charge is 0.227 e. The zero-order chi connectivity index (χ0) is 24.3. The molecular weight excluding hydrogens is 495 g/mol. The third-order valence-corrected chi connectivity index (χ3v) is 8.99. The first-order valence-electron chi connectivity index (χ1n) is 11.5. The standard InChI is InChI=1S/C24H30Cl2N4O3S/c1-28-12-14-29(15-13-28)22-6-4-21(5-7-22)27-24(31)18-8-10-30(11-9-18)34(32,33)17-19-2-3-20(25)16-23(19)26/h2-7,16,18H,8-15,17H2,1H3,(H,27,31). The molecule has 1 amide bonds. The summed E-state index contributed by atoms with van der Waals surface area (Å²) < 4.78 is 27.2. The van der Waals surface area contributed by atoms with Crippen molar-refractivity contribution in [3.8, 4) is 0 Å². The highest BCUT2D eigenvalue weighted by Crippen LogP contribution is 2.27. The predicted molar refractivity (Wildman–Crippen MR) is 138 cm³/mol. The average molecular weight is 526 g/mol. The maximum Gasteiger partial charge on any atom is 0.227 e. The van der Waals surface area contributed by atoms with Crippen LogP contribution in [-0.4, -0.2) is 69.8 Å². The number of hydrogen-bond donors (Lipinski definition) is 1. The zero-order valence-corrected chi connectivity index (χ0v) is 21.5. The van der Waals surface area contributed by atoms with Crippen LogP contribution >= 0.6 is 23.2 Å². The second kappa shape index (κ2) is 10.8. The van der Waals surface area contributed by atoms with Gasteiger partial charge in [0.05, 0.1) is 5.75 Å². The number of hydrogen-bond acceptors (Lipinski definition) is 5. The van der Waals surface area contributed by atoms with Gasteiger partial charge in [-0.3, -0.25) is 4.79 Å². The summed E-state index contributed by atoms with van der Waals surface area (Å²) in [6, 6.07) is 12.8. The molecule has 4 rings (SSSR count). The van der Waals surface area contributed by atoms with Gasteiger partial charge in [-0.05, 0) is 61.9 Å². The number of carbonyl (C=O) groups excluding carboxylic acids is 1. The first kappa shape index (κ1) is 25.3. The summed E-state index contributed by atoms with van der Waals surface area (Å²) in [7, 11) is -1.40. The van der Waals surface area contributed by atoms with E-state index in [0.717, 1.165) is 37.6 Å². The highest BCUT2D eigenvalue weighted by atomic mass is 35.5. The number of amides is 1. The lowest BCUT2D eigenvalue weighted by Crippen LogP contribution is -2.44. The van der Waals surface area contributed by atoms with Crippen LogP contribution in [0.5, 0.6) is 0 Å². The van der Waals surface area contributed by atoms with Gasteiger partial charge < -0.3 is 15.1 Å². The fourth-order valence-electron chi connectivity index (χ4n) is 4.39.